The summed E-state index contributed by atoms with van der Waals surface area (Å²) in [7, 11) is 0. The third kappa shape index (κ3) is 3.74. The van der Waals surface area contributed by atoms with Crippen molar-refractivity contribution in [1.29, 1.82) is 0 Å². The second kappa shape index (κ2) is 6.15. The monoisotopic (exact) mass is 368 g/mol. The van der Waals surface area contributed by atoms with Gasteiger partial charge in [-0.25, -0.2) is 4.79 Å². The maximum absolute atomic E-state index is 12.2. The standard InChI is InChI=1S/C14H10BrClN2O3/c15-8-3-7(4-9(16)5-8)13(19)18-12-2-1-10(17)6-11(12)14(20)21/h1-6H,17H2,(H,18,19)(H,20,21). The highest BCUT2D eigenvalue weighted by Crippen LogP contribution is 2.23. The fraction of sp³-hybridized carbons (Fsp3) is 0. The summed E-state index contributed by atoms with van der Waals surface area (Å²) in [4.78, 5) is 23.3. The molecule has 0 radical (unpaired) electrons. The van der Waals surface area contributed by atoms with E-state index in [-0.39, 0.29) is 11.3 Å². The molecule has 0 aliphatic rings. The highest BCUT2D eigenvalue weighted by Gasteiger charge is 2.14. The normalized spacial score (nSPS) is 10.2. The number of nitrogens with one attached hydrogen (secondary N) is 1. The summed E-state index contributed by atoms with van der Waals surface area (Å²) in [6, 6.07) is 8.95. The number of carboxylic acid groups (broad SMARTS) is 1. The second-order valence-corrected chi connectivity index (χ2v) is 5.57. The summed E-state index contributed by atoms with van der Waals surface area (Å²) in [6.07, 6.45) is 0. The largest absolute Gasteiger partial charge is 0.478 e. The molecule has 0 atom stereocenters. The summed E-state index contributed by atoms with van der Waals surface area (Å²) < 4.78 is 0.649. The van der Waals surface area contributed by atoms with Crippen LogP contribution in [0.15, 0.2) is 40.9 Å². The summed E-state index contributed by atoms with van der Waals surface area (Å²) in [5.74, 6) is -1.64. The van der Waals surface area contributed by atoms with Gasteiger partial charge in [-0.3, -0.25) is 4.79 Å². The highest BCUT2D eigenvalue weighted by molar-refractivity contribution is 9.10. The Morgan fingerprint density at radius 1 is 1.19 bits per heavy atom. The summed E-state index contributed by atoms with van der Waals surface area (Å²) >= 11 is 9.12. The zero-order chi connectivity index (χ0) is 15.6. The fourth-order valence-corrected chi connectivity index (χ4v) is 2.59. The van der Waals surface area contributed by atoms with Gasteiger partial charge in [0.05, 0.1) is 11.3 Å². The molecule has 0 aliphatic carbocycles. The van der Waals surface area contributed by atoms with Crippen LogP contribution in [0.4, 0.5) is 11.4 Å². The lowest BCUT2D eigenvalue weighted by Crippen LogP contribution is -2.15. The van der Waals surface area contributed by atoms with Crippen molar-refractivity contribution in [3.8, 4) is 0 Å². The number of carbonyl (C=O) groups is 2. The predicted octanol–water partition coefficient (Wildman–Crippen LogP) is 3.64. The zero-order valence-electron chi connectivity index (χ0n) is 10.6. The van der Waals surface area contributed by atoms with Gasteiger partial charge >= 0.3 is 5.97 Å². The molecule has 0 aliphatic heterocycles. The summed E-state index contributed by atoms with van der Waals surface area (Å²) in [6.45, 7) is 0. The van der Waals surface area contributed by atoms with Crippen LogP contribution < -0.4 is 11.1 Å². The van der Waals surface area contributed by atoms with Crippen molar-refractivity contribution in [1.82, 2.24) is 0 Å². The Kier molecular flexibility index (Phi) is 4.50. The molecular formula is C14H10BrClN2O3. The number of rotatable bonds is 3. The van der Waals surface area contributed by atoms with Gasteiger partial charge in [0.25, 0.3) is 5.91 Å². The Bertz CT molecular complexity index is 714. The van der Waals surface area contributed by atoms with Gasteiger partial charge in [-0.05, 0) is 36.4 Å². The van der Waals surface area contributed by atoms with E-state index in [1.54, 1.807) is 12.1 Å². The molecule has 0 bridgehead atoms. The number of benzene rings is 2. The number of anilines is 2. The van der Waals surface area contributed by atoms with E-state index in [1.807, 2.05) is 0 Å². The number of carboxylic acids is 1. The fourth-order valence-electron chi connectivity index (χ4n) is 1.73. The van der Waals surface area contributed by atoms with Crippen molar-refractivity contribution in [2.24, 2.45) is 0 Å². The Labute approximate surface area is 133 Å². The minimum atomic E-state index is -1.18. The van der Waals surface area contributed by atoms with Crippen LogP contribution in [0.25, 0.3) is 0 Å². The number of halogens is 2. The van der Waals surface area contributed by atoms with E-state index in [2.05, 4.69) is 21.2 Å². The van der Waals surface area contributed by atoms with E-state index in [0.29, 0.717) is 20.7 Å². The number of amides is 1. The minimum absolute atomic E-state index is 0.0792. The minimum Gasteiger partial charge on any atom is -0.478 e. The van der Waals surface area contributed by atoms with Crippen molar-refractivity contribution in [2.75, 3.05) is 11.1 Å². The molecule has 5 nitrogen and oxygen atoms in total. The van der Waals surface area contributed by atoms with E-state index in [4.69, 9.17) is 22.4 Å². The average molecular weight is 370 g/mol. The first-order valence-corrected chi connectivity index (χ1v) is 6.94. The number of hydrogen-bond acceptors (Lipinski definition) is 3. The molecular weight excluding hydrogens is 360 g/mol. The van der Waals surface area contributed by atoms with Crippen LogP contribution in [0.5, 0.6) is 0 Å². The molecule has 0 aromatic heterocycles. The molecule has 0 unspecified atom stereocenters. The SMILES string of the molecule is Nc1ccc(NC(=O)c2cc(Cl)cc(Br)c2)c(C(=O)O)c1. The Morgan fingerprint density at radius 3 is 2.52 bits per heavy atom. The van der Waals surface area contributed by atoms with E-state index >= 15 is 0 Å². The first-order chi connectivity index (χ1) is 9.86. The molecule has 108 valence electrons. The van der Waals surface area contributed by atoms with Gasteiger partial charge < -0.3 is 16.2 Å². The van der Waals surface area contributed by atoms with Crippen molar-refractivity contribution in [2.45, 2.75) is 0 Å². The van der Waals surface area contributed by atoms with Crippen LogP contribution >= 0.6 is 27.5 Å². The van der Waals surface area contributed by atoms with Gasteiger partial charge in [-0.1, -0.05) is 27.5 Å². The molecule has 1 amide bonds. The summed E-state index contributed by atoms with van der Waals surface area (Å²) in [5.41, 5.74) is 6.24. The molecule has 0 saturated carbocycles. The molecule has 0 spiro atoms. The number of nitrogen functional groups attached to an aromatic ring is 1. The van der Waals surface area contributed by atoms with Gasteiger partial charge in [-0.2, -0.15) is 0 Å². The molecule has 2 aromatic rings. The lowest BCUT2D eigenvalue weighted by atomic mass is 10.1. The Balaban J connectivity index is 2.33. The van der Waals surface area contributed by atoms with Crippen LogP contribution in [0, 0.1) is 0 Å². The highest BCUT2D eigenvalue weighted by atomic mass is 79.9. The van der Waals surface area contributed by atoms with E-state index in [0.717, 1.165) is 0 Å². The topological polar surface area (TPSA) is 92.4 Å². The van der Waals surface area contributed by atoms with Gasteiger partial charge in [-0.15, -0.1) is 0 Å². The Hall–Kier alpha value is -2.05. The Morgan fingerprint density at radius 2 is 1.90 bits per heavy atom. The van der Waals surface area contributed by atoms with Crippen molar-refractivity contribution in [3.05, 3.63) is 57.0 Å². The van der Waals surface area contributed by atoms with Crippen LogP contribution in [0.3, 0.4) is 0 Å². The van der Waals surface area contributed by atoms with Gasteiger partial charge in [0, 0.05) is 20.7 Å². The molecule has 21 heavy (non-hydrogen) atoms. The first kappa shape index (κ1) is 15.3. The number of aromatic carboxylic acids is 1. The molecule has 2 rings (SSSR count). The van der Waals surface area contributed by atoms with E-state index < -0.39 is 11.9 Å². The van der Waals surface area contributed by atoms with Crippen LogP contribution in [-0.4, -0.2) is 17.0 Å². The zero-order valence-corrected chi connectivity index (χ0v) is 12.9. The lowest BCUT2D eigenvalue weighted by Gasteiger charge is -2.10. The van der Waals surface area contributed by atoms with Crippen molar-refractivity contribution < 1.29 is 14.7 Å². The number of nitrogens with two attached hydrogens (primary N) is 1. The predicted molar refractivity (Wildman–Crippen MR) is 84.9 cm³/mol. The quantitative estimate of drug-likeness (QED) is 0.720. The maximum Gasteiger partial charge on any atom is 0.337 e. The smallest absolute Gasteiger partial charge is 0.337 e. The molecule has 0 saturated heterocycles. The molecule has 7 heteroatoms. The molecule has 0 fully saturated rings. The van der Waals surface area contributed by atoms with E-state index in [1.165, 1.54) is 24.3 Å². The van der Waals surface area contributed by atoms with E-state index in [9.17, 15) is 9.59 Å². The lowest BCUT2D eigenvalue weighted by molar-refractivity contribution is 0.0698. The van der Waals surface area contributed by atoms with Crippen LogP contribution in [-0.2, 0) is 0 Å². The molecule has 0 heterocycles. The molecule has 2 aromatic carbocycles. The number of hydrogen-bond donors (Lipinski definition) is 3. The van der Waals surface area contributed by atoms with Gasteiger partial charge in [0.15, 0.2) is 0 Å². The van der Waals surface area contributed by atoms with Crippen molar-refractivity contribution >= 4 is 50.8 Å². The number of carbonyl (C=O) groups excluding carboxylic acids is 1. The molecule has 4 N–H and O–H groups in total. The third-order valence-corrected chi connectivity index (χ3v) is 3.32. The van der Waals surface area contributed by atoms with Gasteiger partial charge in [0.1, 0.15) is 0 Å². The second-order valence-electron chi connectivity index (χ2n) is 4.22. The summed E-state index contributed by atoms with van der Waals surface area (Å²) in [5, 5.41) is 12.1. The first-order valence-electron chi connectivity index (χ1n) is 5.77. The van der Waals surface area contributed by atoms with Crippen LogP contribution in [0.2, 0.25) is 5.02 Å². The van der Waals surface area contributed by atoms with Crippen molar-refractivity contribution in [3.63, 3.8) is 0 Å². The maximum atomic E-state index is 12.2. The van der Waals surface area contributed by atoms with Crippen LogP contribution in [0.1, 0.15) is 20.7 Å². The third-order valence-electron chi connectivity index (χ3n) is 2.65. The van der Waals surface area contributed by atoms with Gasteiger partial charge in [0.2, 0.25) is 0 Å². The average Bonchev–Trinajstić information content (AvgIpc) is 2.39.